The number of nitrogens with zero attached hydrogens (tertiary/aromatic N) is 4. The van der Waals surface area contributed by atoms with Crippen molar-refractivity contribution in [2.24, 2.45) is 10.9 Å². The quantitative estimate of drug-likeness (QED) is 0.744. The first kappa shape index (κ1) is 16.0. The molecule has 1 fully saturated rings. The summed E-state index contributed by atoms with van der Waals surface area (Å²) in [4.78, 5) is 6.38. The van der Waals surface area contributed by atoms with Crippen LogP contribution in [0, 0.1) is 5.92 Å². The largest absolute Gasteiger partial charge is 0.396 e. The van der Waals surface area contributed by atoms with Gasteiger partial charge >= 0.3 is 0 Å². The maximum Gasteiger partial charge on any atom is 0.113 e. The molecule has 128 valence electrons. The molecule has 1 saturated carbocycles. The summed E-state index contributed by atoms with van der Waals surface area (Å²) in [6.07, 6.45) is 6.49. The topological polar surface area (TPSA) is 63.3 Å². The minimum atomic E-state index is 0.236. The Kier molecular flexibility index (Phi) is 4.57. The van der Waals surface area contributed by atoms with E-state index < -0.39 is 0 Å². The second-order valence-electron chi connectivity index (χ2n) is 6.64. The molecule has 0 unspecified atom stereocenters. The number of fused-ring (bicyclic) bond motifs is 1. The Bertz CT molecular complexity index is 836. The Morgan fingerprint density at radius 3 is 2.36 bits per heavy atom. The van der Waals surface area contributed by atoms with Gasteiger partial charge in [-0.2, -0.15) is 4.80 Å². The van der Waals surface area contributed by atoms with Gasteiger partial charge in [0.05, 0.1) is 11.7 Å². The first-order valence-electron chi connectivity index (χ1n) is 8.90. The van der Waals surface area contributed by atoms with E-state index in [-0.39, 0.29) is 12.6 Å². The molecule has 3 aromatic rings. The number of aliphatic imine (C=N–C) groups is 1. The van der Waals surface area contributed by atoms with E-state index in [4.69, 9.17) is 4.99 Å². The predicted octanol–water partition coefficient (Wildman–Crippen LogP) is 3.39. The van der Waals surface area contributed by atoms with Gasteiger partial charge in [0, 0.05) is 18.7 Å². The van der Waals surface area contributed by atoms with Crippen LogP contribution in [-0.2, 0) is 0 Å². The average molecular weight is 334 g/mol. The van der Waals surface area contributed by atoms with Crippen molar-refractivity contribution in [1.82, 2.24) is 15.0 Å². The molecule has 1 aromatic heterocycles. The van der Waals surface area contributed by atoms with E-state index in [1.807, 2.05) is 54.7 Å². The minimum Gasteiger partial charge on any atom is -0.396 e. The first-order valence-corrected chi connectivity index (χ1v) is 8.90. The fourth-order valence-electron chi connectivity index (χ4n) is 3.45. The third-order valence-electron chi connectivity index (χ3n) is 4.93. The average Bonchev–Trinajstić information content (AvgIpc) is 3.11. The van der Waals surface area contributed by atoms with Crippen molar-refractivity contribution in [1.29, 1.82) is 0 Å². The molecule has 4 rings (SSSR count). The van der Waals surface area contributed by atoms with Crippen molar-refractivity contribution in [3.05, 3.63) is 54.1 Å². The molecule has 5 heteroatoms. The zero-order valence-corrected chi connectivity index (χ0v) is 14.1. The highest BCUT2D eigenvalue weighted by Gasteiger charge is 2.23. The van der Waals surface area contributed by atoms with Gasteiger partial charge in [-0.25, -0.2) is 0 Å². The Balaban J connectivity index is 1.50. The van der Waals surface area contributed by atoms with Crippen molar-refractivity contribution in [3.63, 3.8) is 0 Å². The number of aliphatic hydroxyl groups is 1. The maximum atomic E-state index is 9.49. The molecule has 1 aliphatic rings. The van der Waals surface area contributed by atoms with E-state index in [1.54, 1.807) is 4.80 Å². The lowest BCUT2D eigenvalue weighted by molar-refractivity contribution is 0.172. The summed E-state index contributed by atoms with van der Waals surface area (Å²) < 4.78 is 0. The molecule has 1 heterocycles. The molecule has 0 bridgehead atoms. The zero-order chi connectivity index (χ0) is 17.1. The van der Waals surface area contributed by atoms with Gasteiger partial charge in [-0.15, -0.1) is 10.2 Å². The normalized spacial score (nSPS) is 21.2. The highest BCUT2D eigenvalue weighted by atomic mass is 16.3. The van der Waals surface area contributed by atoms with Crippen molar-refractivity contribution in [2.45, 2.75) is 31.7 Å². The van der Waals surface area contributed by atoms with E-state index in [1.165, 1.54) is 12.8 Å². The number of hydrogen-bond acceptors (Lipinski definition) is 4. The summed E-state index contributed by atoms with van der Waals surface area (Å²) >= 11 is 0. The van der Waals surface area contributed by atoms with Gasteiger partial charge in [-0.3, -0.25) is 4.99 Å². The maximum absolute atomic E-state index is 9.49. The SMILES string of the molecule is OC[C@@H]1CCCC[C@H]1N=Cc1ccc(-n2nc3ccccc3n2)cc1. The number of hydrogen-bond donors (Lipinski definition) is 1. The third kappa shape index (κ3) is 3.46. The summed E-state index contributed by atoms with van der Waals surface area (Å²) in [5.74, 6) is 0.310. The zero-order valence-electron chi connectivity index (χ0n) is 14.1. The van der Waals surface area contributed by atoms with E-state index in [2.05, 4.69) is 10.2 Å². The van der Waals surface area contributed by atoms with Crippen LogP contribution < -0.4 is 0 Å². The van der Waals surface area contributed by atoms with Gasteiger partial charge in [-0.1, -0.05) is 37.1 Å². The van der Waals surface area contributed by atoms with Crippen LogP contribution in [0.15, 0.2) is 53.5 Å². The second kappa shape index (κ2) is 7.15. The van der Waals surface area contributed by atoms with Gasteiger partial charge in [0.2, 0.25) is 0 Å². The Morgan fingerprint density at radius 2 is 1.68 bits per heavy atom. The molecule has 0 aliphatic heterocycles. The summed E-state index contributed by atoms with van der Waals surface area (Å²) in [6.45, 7) is 0.236. The lowest BCUT2D eigenvalue weighted by atomic mass is 9.85. The Hall–Kier alpha value is -2.53. The lowest BCUT2D eigenvalue weighted by Crippen LogP contribution is -2.26. The fraction of sp³-hybridized carbons (Fsp3) is 0.350. The van der Waals surface area contributed by atoms with Crippen LogP contribution in [0.25, 0.3) is 16.7 Å². The Labute approximate surface area is 147 Å². The highest BCUT2D eigenvalue weighted by Crippen LogP contribution is 2.26. The van der Waals surface area contributed by atoms with Gasteiger partial charge < -0.3 is 5.11 Å². The molecule has 0 saturated heterocycles. The van der Waals surface area contributed by atoms with E-state index in [9.17, 15) is 5.11 Å². The molecule has 2 atom stereocenters. The second-order valence-corrected chi connectivity index (χ2v) is 6.64. The molecule has 0 spiro atoms. The molecule has 2 aromatic carbocycles. The Morgan fingerprint density at radius 1 is 1.00 bits per heavy atom. The first-order chi connectivity index (χ1) is 12.3. The van der Waals surface area contributed by atoms with Crippen molar-refractivity contribution in [2.75, 3.05) is 6.61 Å². The molecule has 0 amide bonds. The molecular formula is C20H22N4O. The van der Waals surface area contributed by atoms with E-state index in [0.29, 0.717) is 5.92 Å². The summed E-state index contributed by atoms with van der Waals surface area (Å²) in [5, 5.41) is 18.5. The molecular weight excluding hydrogens is 312 g/mol. The number of benzene rings is 2. The van der Waals surface area contributed by atoms with Crippen molar-refractivity contribution < 1.29 is 5.11 Å². The van der Waals surface area contributed by atoms with Crippen LogP contribution in [0.1, 0.15) is 31.2 Å². The van der Waals surface area contributed by atoms with Crippen LogP contribution in [0.4, 0.5) is 0 Å². The van der Waals surface area contributed by atoms with Gasteiger partial charge in [-0.05, 0) is 42.7 Å². The van der Waals surface area contributed by atoms with Crippen molar-refractivity contribution >= 4 is 17.2 Å². The monoisotopic (exact) mass is 334 g/mol. The summed E-state index contributed by atoms with van der Waals surface area (Å²) in [6, 6.07) is 16.2. The molecule has 5 nitrogen and oxygen atoms in total. The van der Waals surface area contributed by atoms with Crippen LogP contribution in [0.5, 0.6) is 0 Å². The number of aliphatic hydroxyl groups excluding tert-OH is 1. The lowest BCUT2D eigenvalue weighted by Gasteiger charge is -2.26. The van der Waals surface area contributed by atoms with Crippen LogP contribution in [-0.4, -0.2) is 39.0 Å². The highest BCUT2D eigenvalue weighted by molar-refractivity contribution is 5.80. The van der Waals surface area contributed by atoms with Crippen LogP contribution in [0.2, 0.25) is 0 Å². The van der Waals surface area contributed by atoms with Crippen LogP contribution in [0.3, 0.4) is 0 Å². The summed E-state index contributed by atoms with van der Waals surface area (Å²) in [5.41, 5.74) is 3.77. The molecule has 1 aliphatic carbocycles. The molecule has 25 heavy (non-hydrogen) atoms. The summed E-state index contributed by atoms with van der Waals surface area (Å²) in [7, 11) is 0. The van der Waals surface area contributed by atoms with Gasteiger partial charge in [0.1, 0.15) is 11.0 Å². The third-order valence-corrected chi connectivity index (χ3v) is 4.93. The van der Waals surface area contributed by atoms with Gasteiger partial charge in [0.25, 0.3) is 0 Å². The standard InChI is InChI=1S/C20H22N4O/c25-14-16-5-1-2-6-18(16)21-13-15-9-11-17(12-10-15)24-22-19-7-3-4-8-20(19)23-24/h3-4,7-13,16,18,25H,1-2,5-6,14H2/t16-,18+/m0/s1. The van der Waals surface area contributed by atoms with E-state index >= 15 is 0 Å². The molecule has 1 N–H and O–H groups in total. The van der Waals surface area contributed by atoms with Crippen molar-refractivity contribution in [3.8, 4) is 5.69 Å². The number of aromatic nitrogens is 3. The smallest absolute Gasteiger partial charge is 0.113 e. The predicted molar refractivity (Wildman–Crippen MR) is 99.3 cm³/mol. The number of rotatable bonds is 4. The fourth-order valence-corrected chi connectivity index (χ4v) is 3.45. The van der Waals surface area contributed by atoms with Gasteiger partial charge in [0.15, 0.2) is 0 Å². The molecule has 0 radical (unpaired) electrons. The van der Waals surface area contributed by atoms with E-state index in [0.717, 1.165) is 35.1 Å². The minimum absolute atomic E-state index is 0.236. The van der Waals surface area contributed by atoms with Crippen LogP contribution >= 0.6 is 0 Å².